The first kappa shape index (κ1) is 15.5. The minimum Gasteiger partial charge on any atom is -0.210 e. The van der Waals surface area contributed by atoms with Gasteiger partial charge in [0.05, 0.1) is 4.90 Å². The van der Waals surface area contributed by atoms with E-state index >= 15 is 0 Å². The van der Waals surface area contributed by atoms with Gasteiger partial charge in [-0.15, -0.1) is 0 Å². The summed E-state index contributed by atoms with van der Waals surface area (Å²) in [6.07, 6.45) is 1.92. The number of thioether (sulfide) groups is 1. The van der Waals surface area contributed by atoms with Gasteiger partial charge in [0, 0.05) is 11.8 Å². The molecule has 0 fully saturated rings. The zero-order valence-corrected chi connectivity index (χ0v) is 12.6. The van der Waals surface area contributed by atoms with Crippen LogP contribution in [0.2, 0.25) is 0 Å². The Labute approximate surface area is 112 Å². The molecule has 1 unspecified atom stereocenters. The van der Waals surface area contributed by atoms with Crippen LogP contribution in [0.15, 0.2) is 17.0 Å². The molecule has 0 aliphatic heterocycles. The number of nitrogens with one attached hydrogen (secondary N) is 1. The van der Waals surface area contributed by atoms with Gasteiger partial charge in [0.15, 0.2) is 0 Å². The number of benzene rings is 1. The van der Waals surface area contributed by atoms with Crippen LogP contribution >= 0.6 is 11.8 Å². The second kappa shape index (κ2) is 6.04. The minimum atomic E-state index is -3.57. The summed E-state index contributed by atoms with van der Waals surface area (Å²) in [5, 5.41) is 0.195. The zero-order valence-electron chi connectivity index (χ0n) is 11.0. The monoisotopic (exact) mass is 291 g/mol. The average molecular weight is 291 g/mol. The third-order valence-corrected chi connectivity index (χ3v) is 5.36. The lowest BCUT2D eigenvalue weighted by molar-refractivity contribution is 0.578. The molecule has 0 aliphatic carbocycles. The van der Waals surface area contributed by atoms with Gasteiger partial charge in [0.25, 0.3) is 0 Å². The molecule has 0 bridgehead atoms. The van der Waals surface area contributed by atoms with Gasteiger partial charge in [-0.2, -0.15) is 11.8 Å². The molecule has 1 aromatic carbocycles. The van der Waals surface area contributed by atoms with Gasteiger partial charge in [-0.3, -0.25) is 0 Å². The van der Waals surface area contributed by atoms with Gasteiger partial charge < -0.3 is 0 Å². The molecule has 0 radical (unpaired) electrons. The molecule has 1 atom stereocenters. The number of sulfonamides is 1. The number of halogens is 1. The fourth-order valence-corrected chi connectivity index (χ4v) is 3.64. The maximum atomic E-state index is 13.1. The van der Waals surface area contributed by atoms with Crippen LogP contribution < -0.4 is 4.72 Å². The third kappa shape index (κ3) is 3.70. The van der Waals surface area contributed by atoms with Crippen LogP contribution in [0.5, 0.6) is 0 Å². The van der Waals surface area contributed by atoms with Gasteiger partial charge in [0.1, 0.15) is 5.82 Å². The van der Waals surface area contributed by atoms with E-state index in [1.165, 1.54) is 12.1 Å². The van der Waals surface area contributed by atoms with Crippen LogP contribution in [-0.4, -0.2) is 26.5 Å². The third-order valence-electron chi connectivity index (χ3n) is 2.66. The van der Waals surface area contributed by atoms with E-state index in [4.69, 9.17) is 0 Å². The second-order valence-corrected chi connectivity index (χ2v) is 7.25. The maximum absolute atomic E-state index is 13.1. The van der Waals surface area contributed by atoms with Gasteiger partial charge in [-0.25, -0.2) is 17.5 Å². The summed E-state index contributed by atoms with van der Waals surface area (Å²) in [6.45, 7) is 5.50. The molecule has 0 aliphatic rings. The Hall–Kier alpha value is -0.590. The van der Waals surface area contributed by atoms with E-state index in [2.05, 4.69) is 4.72 Å². The van der Waals surface area contributed by atoms with E-state index in [0.29, 0.717) is 17.7 Å². The van der Waals surface area contributed by atoms with Crippen molar-refractivity contribution in [1.29, 1.82) is 0 Å². The molecule has 1 rings (SSSR count). The molecule has 0 aromatic heterocycles. The van der Waals surface area contributed by atoms with Crippen LogP contribution in [-0.2, 0) is 10.0 Å². The topological polar surface area (TPSA) is 46.2 Å². The Morgan fingerprint density at radius 2 is 1.83 bits per heavy atom. The van der Waals surface area contributed by atoms with Crippen LogP contribution in [0.25, 0.3) is 0 Å². The number of hydrogen-bond donors (Lipinski definition) is 1. The van der Waals surface area contributed by atoms with Crippen LogP contribution in [0.1, 0.15) is 18.1 Å². The molecule has 1 aromatic rings. The Balaban J connectivity index is 3.06. The predicted octanol–water partition coefficient (Wildman–Crippen LogP) is 2.47. The summed E-state index contributed by atoms with van der Waals surface area (Å²) < 4.78 is 40.0. The van der Waals surface area contributed by atoms with Crippen molar-refractivity contribution in [2.45, 2.75) is 30.9 Å². The molecular formula is C12H18FNO2S2. The molecule has 3 nitrogen and oxygen atoms in total. The lowest BCUT2D eigenvalue weighted by Gasteiger charge is -2.14. The minimum absolute atomic E-state index is 0.178. The van der Waals surface area contributed by atoms with E-state index in [1.54, 1.807) is 25.6 Å². The summed E-state index contributed by atoms with van der Waals surface area (Å²) in [7, 11) is -3.57. The number of hydrogen-bond acceptors (Lipinski definition) is 3. The van der Waals surface area contributed by atoms with Gasteiger partial charge >= 0.3 is 0 Å². The zero-order chi connectivity index (χ0) is 13.9. The van der Waals surface area contributed by atoms with Gasteiger partial charge in [0.2, 0.25) is 10.0 Å². The Morgan fingerprint density at radius 3 is 2.28 bits per heavy atom. The lowest BCUT2D eigenvalue weighted by Crippen LogP contribution is -2.30. The van der Waals surface area contributed by atoms with E-state index in [0.717, 1.165) is 0 Å². The van der Waals surface area contributed by atoms with Crippen molar-refractivity contribution in [1.82, 2.24) is 4.72 Å². The normalized spacial score (nSPS) is 13.6. The molecule has 0 heterocycles. The highest BCUT2D eigenvalue weighted by molar-refractivity contribution is 7.99. The maximum Gasteiger partial charge on any atom is 0.241 e. The Bertz CT molecular complexity index is 506. The molecule has 0 amide bonds. The van der Waals surface area contributed by atoms with Crippen molar-refractivity contribution >= 4 is 21.8 Å². The van der Waals surface area contributed by atoms with Crippen molar-refractivity contribution in [3.8, 4) is 0 Å². The lowest BCUT2D eigenvalue weighted by atomic mass is 10.1. The van der Waals surface area contributed by atoms with E-state index in [9.17, 15) is 12.8 Å². The standard InChI is InChI=1S/C12H18FNO2S2/c1-8-5-11(13)6-9(2)12(8)18(15,16)14-7-10(3)17-4/h5-6,10,14H,7H2,1-4H3. The highest BCUT2D eigenvalue weighted by Gasteiger charge is 2.20. The predicted molar refractivity (Wildman–Crippen MR) is 74.0 cm³/mol. The first-order chi connectivity index (χ1) is 8.27. The Kier molecular flexibility index (Phi) is 5.19. The Morgan fingerprint density at radius 1 is 1.33 bits per heavy atom. The molecule has 6 heteroatoms. The summed E-state index contributed by atoms with van der Waals surface area (Å²) >= 11 is 1.58. The fourth-order valence-electron chi connectivity index (χ4n) is 1.70. The van der Waals surface area contributed by atoms with E-state index < -0.39 is 15.8 Å². The average Bonchev–Trinajstić information content (AvgIpc) is 2.24. The molecule has 0 spiro atoms. The highest BCUT2D eigenvalue weighted by Crippen LogP contribution is 2.21. The van der Waals surface area contributed by atoms with Crippen molar-refractivity contribution in [3.05, 3.63) is 29.1 Å². The molecule has 18 heavy (non-hydrogen) atoms. The van der Waals surface area contributed by atoms with Crippen LogP contribution in [0, 0.1) is 19.7 Å². The second-order valence-electron chi connectivity index (χ2n) is 4.27. The number of aryl methyl sites for hydroxylation is 2. The molecule has 1 N–H and O–H groups in total. The van der Waals surface area contributed by atoms with Crippen molar-refractivity contribution in [2.75, 3.05) is 12.8 Å². The van der Waals surface area contributed by atoms with Gasteiger partial charge in [-0.05, 0) is 43.4 Å². The van der Waals surface area contributed by atoms with Crippen LogP contribution in [0.3, 0.4) is 0 Å². The summed E-state index contributed by atoms with van der Waals surface area (Å²) in [5.74, 6) is -0.415. The molecule has 0 saturated carbocycles. The summed E-state index contributed by atoms with van der Waals surface area (Å²) in [6, 6.07) is 2.47. The van der Waals surface area contributed by atoms with Crippen molar-refractivity contribution < 1.29 is 12.8 Å². The fraction of sp³-hybridized carbons (Fsp3) is 0.500. The van der Waals surface area contributed by atoms with Crippen molar-refractivity contribution in [3.63, 3.8) is 0 Å². The largest absolute Gasteiger partial charge is 0.241 e. The first-order valence-corrected chi connectivity index (χ1v) is 8.34. The van der Waals surface area contributed by atoms with Crippen molar-refractivity contribution in [2.24, 2.45) is 0 Å². The molecular weight excluding hydrogens is 273 g/mol. The smallest absolute Gasteiger partial charge is 0.210 e. The quantitative estimate of drug-likeness (QED) is 0.906. The highest BCUT2D eigenvalue weighted by atomic mass is 32.2. The molecule has 102 valence electrons. The summed E-state index contributed by atoms with van der Waals surface area (Å²) in [4.78, 5) is 0.178. The number of rotatable bonds is 5. The summed E-state index contributed by atoms with van der Waals surface area (Å²) in [5.41, 5.74) is 0.855. The van der Waals surface area contributed by atoms with Gasteiger partial charge in [-0.1, -0.05) is 6.92 Å². The van der Waals surface area contributed by atoms with Crippen LogP contribution in [0.4, 0.5) is 4.39 Å². The SMILES string of the molecule is CSC(C)CNS(=O)(=O)c1c(C)cc(F)cc1C. The van der Waals surface area contributed by atoms with E-state index in [1.807, 2.05) is 13.2 Å². The van der Waals surface area contributed by atoms with E-state index in [-0.39, 0.29) is 10.1 Å². The first-order valence-electron chi connectivity index (χ1n) is 5.57. The molecule has 0 saturated heterocycles.